The molecule has 0 radical (unpaired) electrons. The van der Waals surface area contributed by atoms with Crippen LogP contribution in [0.25, 0.3) is 0 Å². The molecule has 0 spiro atoms. The molecule has 0 bridgehead atoms. The highest BCUT2D eigenvalue weighted by Crippen LogP contribution is 2.14. The van der Waals surface area contributed by atoms with Gasteiger partial charge in [0.1, 0.15) is 5.78 Å². The highest BCUT2D eigenvalue weighted by atomic mass is 16.5. The van der Waals surface area contributed by atoms with Gasteiger partial charge in [-0.25, -0.2) is 0 Å². The lowest BCUT2D eigenvalue weighted by molar-refractivity contribution is -0.118. The van der Waals surface area contributed by atoms with Crippen molar-refractivity contribution >= 4 is 5.78 Å². The number of carbonyl (C=O) groups excluding carboxylic acids is 1. The van der Waals surface area contributed by atoms with Gasteiger partial charge in [-0.3, -0.25) is 4.79 Å². The van der Waals surface area contributed by atoms with E-state index in [-0.39, 0.29) is 17.9 Å². The maximum atomic E-state index is 10.9. The van der Waals surface area contributed by atoms with Crippen LogP contribution < -0.4 is 5.32 Å². The van der Waals surface area contributed by atoms with Gasteiger partial charge in [-0.1, -0.05) is 0 Å². The van der Waals surface area contributed by atoms with Gasteiger partial charge < -0.3 is 10.1 Å². The summed E-state index contributed by atoms with van der Waals surface area (Å²) in [5.74, 6) is 0.233. The molecule has 3 nitrogen and oxygen atoms in total. The van der Waals surface area contributed by atoms with Gasteiger partial charge in [0.15, 0.2) is 0 Å². The Morgan fingerprint density at radius 2 is 2.42 bits per heavy atom. The summed E-state index contributed by atoms with van der Waals surface area (Å²) in [7, 11) is 1.71. The topological polar surface area (TPSA) is 38.3 Å². The zero-order valence-corrected chi connectivity index (χ0v) is 7.80. The van der Waals surface area contributed by atoms with E-state index < -0.39 is 0 Å². The van der Waals surface area contributed by atoms with Crippen LogP contribution in [-0.4, -0.2) is 31.6 Å². The van der Waals surface area contributed by atoms with Gasteiger partial charge >= 0.3 is 0 Å². The van der Waals surface area contributed by atoms with Crippen LogP contribution in [0.3, 0.4) is 0 Å². The fraction of sp³-hybridized carbons (Fsp3) is 0.889. The smallest absolute Gasteiger partial charge is 0.131 e. The molecule has 1 fully saturated rings. The molecular weight excluding hydrogens is 154 g/mol. The summed E-state index contributed by atoms with van der Waals surface area (Å²) in [6.45, 7) is 2.64. The molecule has 12 heavy (non-hydrogen) atoms. The second kappa shape index (κ2) is 4.58. The van der Waals surface area contributed by atoms with Gasteiger partial charge in [0.05, 0.1) is 6.10 Å². The third-order valence-electron chi connectivity index (χ3n) is 2.33. The van der Waals surface area contributed by atoms with Crippen LogP contribution >= 0.6 is 0 Å². The quantitative estimate of drug-likeness (QED) is 0.680. The molecule has 1 rings (SSSR count). The van der Waals surface area contributed by atoms with Gasteiger partial charge in [0.25, 0.3) is 0 Å². The SMILES string of the molecule is CO[C@H]1CCCN[C@@H]1CC(C)=O. The number of ether oxygens (including phenoxy) is 1. The number of nitrogens with one attached hydrogen (secondary N) is 1. The summed E-state index contributed by atoms with van der Waals surface area (Å²) in [4.78, 5) is 10.9. The van der Waals surface area contributed by atoms with Crippen molar-refractivity contribution in [3.05, 3.63) is 0 Å². The van der Waals surface area contributed by atoms with Crippen LogP contribution in [0.15, 0.2) is 0 Å². The molecule has 70 valence electrons. The van der Waals surface area contributed by atoms with Crippen LogP contribution in [0.4, 0.5) is 0 Å². The average molecular weight is 171 g/mol. The van der Waals surface area contributed by atoms with Gasteiger partial charge in [-0.2, -0.15) is 0 Å². The number of carbonyl (C=O) groups is 1. The summed E-state index contributed by atoms with van der Waals surface area (Å²) < 4.78 is 5.29. The first kappa shape index (κ1) is 9.68. The number of piperidine rings is 1. The molecule has 0 aromatic heterocycles. The standard InChI is InChI=1S/C9H17NO2/c1-7(11)6-8-9(12-2)4-3-5-10-8/h8-10H,3-6H2,1-2H3/t8-,9+/m1/s1. The van der Waals surface area contributed by atoms with E-state index in [4.69, 9.17) is 4.74 Å². The van der Waals surface area contributed by atoms with E-state index in [1.54, 1.807) is 14.0 Å². The van der Waals surface area contributed by atoms with E-state index in [0.717, 1.165) is 19.4 Å². The first-order valence-electron chi connectivity index (χ1n) is 4.49. The summed E-state index contributed by atoms with van der Waals surface area (Å²) in [6.07, 6.45) is 3.04. The first-order chi connectivity index (χ1) is 5.74. The maximum absolute atomic E-state index is 10.9. The largest absolute Gasteiger partial charge is 0.380 e. The summed E-state index contributed by atoms with van der Waals surface area (Å²) in [5, 5.41) is 3.31. The van der Waals surface area contributed by atoms with Gasteiger partial charge in [0, 0.05) is 19.6 Å². The number of Topliss-reactive ketones (excluding diaryl/α,β-unsaturated/α-hetero) is 1. The van der Waals surface area contributed by atoms with E-state index in [1.807, 2.05) is 0 Å². The number of rotatable bonds is 3. The van der Waals surface area contributed by atoms with Crippen molar-refractivity contribution in [1.29, 1.82) is 0 Å². The van der Waals surface area contributed by atoms with Crippen molar-refractivity contribution in [2.45, 2.75) is 38.3 Å². The molecule has 0 unspecified atom stereocenters. The second-order valence-electron chi connectivity index (χ2n) is 3.38. The van der Waals surface area contributed by atoms with Gasteiger partial charge in [-0.15, -0.1) is 0 Å². The zero-order chi connectivity index (χ0) is 8.97. The second-order valence-corrected chi connectivity index (χ2v) is 3.38. The molecule has 0 saturated carbocycles. The molecule has 1 N–H and O–H groups in total. The minimum Gasteiger partial charge on any atom is -0.380 e. The fourth-order valence-corrected chi connectivity index (χ4v) is 1.72. The Kier molecular flexibility index (Phi) is 3.69. The monoisotopic (exact) mass is 171 g/mol. The Balaban J connectivity index is 2.41. The summed E-state index contributed by atoms with van der Waals surface area (Å²) in [6, 6.07) is 0.237. The molecule has 3 heteroatoms. The van der Waals surface area contributed by atoms with Crippen molar-refractivity contribution in [2.24, 2.45) is 0 Å². The summed E-state index contributed by atoms with van der Waals surface area (Å²) >= 11 is 0. The average Bonchev–Trinajstić information content (AvgIpc) is 2.04. The Bertz CT molecular complexity index is 159. The Morgan fingerprint density at radius 1 is 1.67 bits per heavy atom. The zero-order valence-electron chi connectivity index (χ0n) is 7.80. The van der Waals surface area contributed by atoms with E-state index in [0.29, 0.717) is 6.42 Å². The lowest BCUT2D eigenvalue weighted by Gasteiger charge is -2.30. The molecular formula is C9H17NO2. The van der Waals surface area contributed by atoms with Gasteiger partial charge in [-0.05, 0) is 26.3 Å². The summed E-state index contributed by atoms with van der Waals surface area (Å²) in [5.41, 5.74) is 0. The highest BCUT2D eigenvalue weighted by Gasteiger charge is 2.24. The molecule has 0 aliphatic carbocycles. The van der Waals surface area contributed by atoms with Crippen LogP contribution in [0.2, 0.25) is 0 Å². The van der Waals surface area contributed by atoms with E-state index in [1.165, 1.54) is 0 Å². The lowest BCUT2D eigenvalue weighted by Crippen LogP contribution is -2.46. The number of ketones is 1. The van der Waals surface area contributed by atoms with Crippen LogP contribution in [0, 0.1) is 0 Å². The Morgan fingerprint density at radius 3 is 3.00 bits per heavy atom. The predicted molar refractivity (Wildman–Crippen MR) is 47.1 cm³/mol. The molecule has 0 aromatic rings. The predicted octanol–water partition coefficient (Wildman–Crippen LogP) is 0.732. The van der Waals surface area contributed by atoms with E-state index >= 15 is 0 Å². The van der Waals surface area contributed by atoms with Crippen LogP contribution in [0.1, 0.15) is 26.2 Å². The number of hydrogen-bond donors (Lipinski definition) is 1. The van der Waals surface area contributed by atoms with Crippen LogP contribution in [0.5, 0.6) is 0 Å². The number of methoxy groups -OCH3 is 1. The van der Waals surface area contributed by atoms with Crippen molar-refractivity contribution in [3.63, 3.8) is 0 Å². The maximum Gasteiger partial charge on any atom is 0.131 e. The highest BCUT2D eigenvalue weighted by molar-refractivity contribution is 5.76. The molecule has 1 saturated heterocycles. The van der Waals surface area contributed by atoms with E-state index in [9.17, 15) is 4.79 Å². The molecule has 1 aliphatic rings. The van der Waals surface area contributed by atoms with Crippen molar-refractivity contribution < 1.29 is 9.53 Å². The van der Waals surface area contributed by atoms with E-state index in [2.05, 4.69) is 5.32 Å². The molecule has 0 aromatic carbocycles. The van der Waals surface area contributed by atoms with Crippen molar-refractivity contribution in [1.82, 2.24) is 5.32 Å². The third-order valence-corrected chi connectivity index (χ3v) is 2.33. The number of hydrogen-bond acceptors (Lipinski definition) is 3. The molecule has 1 aliphatic heterocycles. The minimum absolute atomic E-state index is 0.225. The van der Waals surface area contributed by atoms with Crippen molar-refractivity contribution in [2.75, 3.05) is 13.7 Å². The lowest BCUT2D eigenvalue weighted by atomic mass is 9.97. The minimum atomic E-state index is 0.225. The van der Waals surface area contributed by atoms with Crippen molar-refractivity contribution in [3.8, 4) is 0 Å². The Labute approximate surface area is 73.5 Å². The fourth-order valence-electron chi connectivity index (χ4n) is 1.72. The molecule has 0 amide bonds. The Hall–Kier alpha value is -0.410. The molecule has 2 atom stereocenters. The normalized spacial score (nSPS) is 30.2. The first-order valence-corrected chi connectivity index (χ1v) is 4.49. The van der Waals surface area contributed by atoms with Crippen LogP contribution in [-0.2, 0) is 9.53 Å². The molecule has 1 heterocycles. The van der Waals surface area contributed by atoms with Gasteiger partial charge in [0.2, 0.25) is 0 Å². The third kappa shape index (κ3) is 2.57.